The SMILES string of the molecule is Cc1cccc2c1C=C(C1CCCCCC1)S2(Br)C(F)(F)F. The molecule has 1 heterocycles. The van der Waals surface area contributed by atoms with Gasteiger partial charge in [0.15, 0.2) is 0 Å². The van der Waals surface area contributed by atoms with Crippen molar-refractivity contribution in [1.82, 2.24) is 0 Å². The summed E-state index contributed by atoms with van der Waals surface area (Å²) in [6.45, 7) is 1.90. The minimum Gasteiger partial charge on any atom is -0.160 e. The molecule has 0 N–H and O–H groups in total. The van der Waals surface area contributed by atoms with Crippen LogP contribution in [0.4, 0.5) is 13.2 Å². The second-order valence-electron chi connectivity index (χ2n) is 6.21. The van der Waals surface area contributed by atoms with E-state index in [2.05, 4.69) is 14.8 Å². The molecule has 1 aromatic carbocycles. The number of halogens is 4. The van der Waals surface area contributed by atoms with Crippen LogP contribution in [0.5, 0.6) is 0 Å². The van der Waals surface area contributed by atoms with Gasteiger partial charge < -0.3 is 0 Å². The summed E-state index contributed by atoms with van der Waals surface area (Å²) in [6, 6.07) is 5.29. The van der Waals surface area contributed by atoms with Crippen LogP contribution in [0.3, 0.4) is 0 Å². The van der Waals surface area contributed by atoms with Gasteiger partial charge in [-0.2, -0.15) is 13.2 Å². The molecule has 1 fully saturated rings. The number of fused-ring (bicyclic) bond motifs is 1. The first-order valence-corrected chi connectivity index (χ1v) is 11.2. The van der Waals surface area contributed by atoms with Gasteiger partial charge in [-0.15, -0.1) is 0 Å². The number of aryl methyl sites for hydroxylation is 1. The van der Waals surface area contributed by atoms with Gasteiger partial charge in [0.2, 0.25) is 0 Å². The van der Waals surface area contributed by atoms with E-state index in [4.69, 9.17) is 0 Å². The molecule has 1 unspecified atom stereocenters. The van der Waals surface area contributed by atoms with Crippen molar-refractivity contribution >= 4 is 29.4 Å². The van der Waals surface area contributed by atoms with Crippen LogP contribution < -0.4 is 0 Å². The van der Waals surface area contributed by atoms with Gasteiger partial charge in [-0.3, -0.25) is 0 Å². The zero-order valence-electron chi connectivity index (χ0n) is 12.5. The largest absolute Gasteiger partial charge is 0.442 e. The van der Waals surface area contributed by atoms with Crippen molar-refractivity contribution in [3.05, 3.63) is 34.2 Å². The fourth-order valence-corrected chi connectivity index (χ4v) is 8.06. The van der Waals surface area contributed by atoms with E-state index in [1.807, 2.05) is 19.1 Å². The Bertz CT molecular complexity index is 600. The van der Waals surface area contributed by atoms with Crippen molar-refractivity contribution in [2.24, 2.45) is 5.92 Å². The van der Waals surface area contributed by atoms with Crippen molar-refractivity contribution < 1.29 is 13.2 Å². The quantitative estimate of drug-likeness (QED) is 0.439. The molecule has 1 aliphatic heterocycles. The molecule has 1 aromatic rings. The number of hydrogen-bond acceptors (Lipinski definition) is 0. The summed E-state index contributed by atoms with van der Waals surface area (Å²) in [5.74, 6) is 0.0605. The van der Waals surface area contributed by atoms with Crippen LogP contribution in [0, 0.1) is 12.8 Å². The van der Waals surface area contributed by atoms with Gasteiger partial charge in [0, 0.05) is 4.90 Å². The van der Waals surface area contributed by atoms with Crippen LogP contribution >= 0.6 is 23.3 Å². The molecule has 22 heavy (non-hydrogen) atoms. The van der Waals surface area contributed by atoms with Gasteiger partial charge in [-0.05, 0) is 77.1 Å². The molecular formula is C17H20BrF3S. The molecule has 2 aliphatic rings. The predicted octanol–water partition coefficient (Wildman–Crippen LogP) is 7.31. The number of rotatable bonds is 1. The molecule has 1 aliphatic carbocycles. The second kappa shape index (κ2) is 5.90. The van der Waals surface area contributed by atoms with E-state index in [0.29, 0.717) is 9.80 Å². The van der Waals surface area contributed by atoms with Crippen molar-refractivity contribution in [3.63, 3.8) is 0 Å². The highest BCUT2D eigenvalue weighted by atomic mass is 79.9. The first-order valence-electron chi connectivity index (χ1n) is 7.76. The highest BCUT2D eigenvalue weighted by Gasteiger charge is 2.56. The molecule has 0 aromatic heterocycles. The molecule has 1 saturated carbocycles. The third-order valence-corrected chi connectivity index (χ3v) is 10.7. The molecular weight excluding hydrogens is 373 g/mol. The van der Waals surface area contributed by atoms with Crippen molar-refractivity contribution in [2.45, 2.75) is 55.9 Å². The minimum absolute atomic E-state index is 0.0605. The Morgan fingerprint density at radius 2 is 1.73 bits per heavy atom. The molecule has 0 amide bonds. The molecule has 0 bridgehead atoms. The standard InChI is InChI=1S/C17H20BrF3S/c1-12-7-6-10-15-14(12)11-16(22(15,18)17(19,20)21)13-8-4-2-3-5-9-13/h6-7,10-11,13H,2-5,8-9H2,1H3. The first kappa shape index (κ1) is 16.4. The van der Waals surface area contributed by atoms with Crippen molar-refractivity contribution in [1.29, 1.82) is 0 Å². The van der Waals surface area contributed by atoms with Gasteiger partial charge in [-0.1, -0.05) is 37.8 Å². The molecule has 122 valence electrons. The fraction of sp³-hybridized carbons (Fsp3) is 0.529. The van der Waals surface area contributed by atoms with E-state index in [9.17, 15) is 13.2 Å². The normalized spacial score (nSPS) is 29.4. The van der Waals surface area contributed by atoms with Crippen molar-refractivity contribution in [3.8, 4) is 0 Å². The summed E-state index contributed by atoms with van der Waals surface area (Å²) in [6.07, 6.45) is 7.98. The summed E-state index contributed by atoms with van der Waals surface area (Å²) in [4.78, 5) is 1.05. The van der Waals surface area contributed by atoms with Gasteiger partial charge in [0.25, 0.3) is 0 Å². The average Bonchev–Trinajstić information content (AvgIpc) is 2.64. The molecule has 0 saturated heterocycles. The Kier molecular flexibility index (Phi) is 4.41. The van der Waals surface area contributed by atoms with E-state index in [1.165, 1.54) is 0 Å². The summed E-state index contributed by atoms with van der Waals surface area (Å²) in [5.41, 5.74) is -2.53. The average molecular weight is 393 g/mol. The van der Waals surface area contributed by atoms with Gasteiger partial charge in [0.1, 0.15) is 0 Å². The van der Waals surface area contributed by atoms with Crippen LogP contribution in [-0.4, -0.2) is 5.51 Å². The maximum Gasteiger partial charge on any atom is 0.442 e. The van der Waals surface area contributed by atoms with Crippen LogP contribution in [-0.2, 0) is 0 Å². The van der Waals surface area contributed by atoms with Crippen LogP contribution in [0.2, 0.25) is 0 Å². The first-order chi connectivity index (χ1) is 10.4. The molecule has 0 spiro atoms. The lowest BCUT2D eigenvalue weighted by Crippen LogP contribution is -2.19. The Morgan fingerprint density at radius 1 is 1.09 bits per heavy atom. The highest BCUT2D eigenvalue weighted by Crippen LogP contribution is 2.82. The van der Waals surface area contributed by atoms with E-state index in [-0.39, 0.29) is 5.92 Å². The van der Waals surface area contributed by atoms with Crippen LogP contribution in [0.15, 0.2) is 28.0 Å². The number of hydrogen-bond donors (Lipinski definition) is 0. The summed E-state index contributed by atoms with van der Waals surface area (Å²) in [5, 5.41) is 0. The van der Waals surface area contributed by atoms with E-state index >= 15 is 0 Å². The Morgan fingerprint density at radius 3 is 2.32 bits per heavy atom. The third kappa shape index (κ3) is 2.54. The Labute approximate surface area is 138 Å². The molecule has 0 nitrogen and oxygen atoms in total. The third-order valence-electron chi connectivity index (χ3n) is 4.78. The predicted molar refractivity (Wildman–Crippen MR) is 91.2 cm³/mol. The molecule has 5 heteroatoms. The minimum atomic E-state index is -4.25. The summed E-state index contributed by atoms with van der Waals surface area (Å²) >= 11 is 3.22. The van der Waals surface area contributed by atoms with Gasteiger partial charge in [-0.25, -0.2) is 0 Å². The molecule has 3 rings (SSSR count). The van der Waals surface area contributed by atoms with Crippen LogP contribution in [0.1, 0.15) is 49.7 Å². The maximum atomic E-state index is 14.0. The molecule has 0 radical (unpaired) electrons. The zero-order valence-corrected chi connectivity index (χ0v) is 15.0. The maximum absolute atomic E-state index is 14.0. The van der Waals surface area contributed by atoms with Crippen LogP contribution in [0.25, 0.3) is 6.08 Å². The number of alkyl halides is 3. The Hall–Kier alpha value is -0.420. The lowest BCUT2D eigenvalue weighted by Gasteiger charge is -2.38. The van der Waals surface area contributed by atoms with E-state index in [1.54, 1.807) is 12.1 Å². The molecule has 1 atom stereocenters. The number of benzene rings is 1. The van der Waals surface area contributed by atoms with E-state index in [0.717, 1.165) is 49.7 Å². The number of allylic oxidation sites excluding steroid dienone is 1. The van der Waals surface area contributed by atoms with Gasteiger partial charge in [0.05, 0.1) is 0 Å². The highest BCUT2D eigenvalue weighted by molar-refractivity contribution is 9.59. The lowest BCUT2D eigenvalue weighted by atomic mass is 9.98. The Balaban J connectivity index is 2.12. The fourth-order valence-electron chi connectivity index (χ4n) is 3.60. The van der Waals surface area contributed by atoms with Crippen molar-refractivity contribution in [2.75, 3.05) is 0 Å². The zero-order chi connectivity index (χ0) is 16.0. The summed E-state index contributed by atoms with van der Waals surface area (Å²) in [7, 11) is -3.08. The topological polar surface area (TPSA) is 0 Å². The van der Waals surface area contributed by atoms with E-state index < -0.39 is 14.0 Å². The summed E-state index contributed by atoms with van der Waals surface area (Å²) < 4.78 is 42.0. The lowest BCUT2D eigenvalue weighted by molar-refractivity contribution is -0.0357. The van der Waals surface area contributed by atoms with Gasteiger partial charge >= 0.3 is 5.51 Å². The smallest absolute Gasteiger partial charge is 0.160 e. The monoisotopic (exact) mass is 392 g/mol. The second-order valence-corrected chi connectivity index (χ2v) is 11.6.